The fourth-order valence-electron chi connectivity index (χ4n) is 1.15. The van der Waals surface area contributed by atoms with Gasteiger partial charge in [0.2, 0.25) is 0 Å². The van der Waals surface area contributed by atoms with Crippen molar-refractivity contribution in [3.63, 3.8) is 0 Å². The number of rotatable bonds is 4. The molecule has 78 valence electrons. The van der Waals surface area contributed by atoms with Gasteiger partial charge in [0.15, 0.2) is 0 Å². The Morgan fingerprint density at radius 3 is 2.71 bits per heavy atom. The normalized spacial score (nSPS) is 11.4. The summed E-state index contributed by atoms with van der Waals surface area (Å²) in [6.07, 6.45) is 0.488. The van der Waals surface area contributed by atoms with Crippen LogP contribution < -0.4 is 11.1 Å². The highest BCUT2D eigenvalue weighted by Crippen LogP contribution is 2.15. The van der Waals surface area contributed by atoms with E-state index in [1.54, 1.807) is 13.8 Å². The number of hydrogen-bond donors (Lipinski definition) is 2. The SMILES string of the molecule is CC(C)(F)CCNc1cccc(N)c1. The number of nitrogen functional groups attached to an aromatic ring is 1. The van der Waals surface area contributed by atoms with Gasteiger partial charge in [0, 0.05) is 17.9 Å². The van der Waals surface area contributed by atoms with Gasteiger partial charge < -0.3 is 11.1 Å². The number of anilines is 2. The maximum Gasteiger partial charge on any atom is 0.107 e. The zero-order valence-electron chi connectivity index (χ0n) is 8.68. The molecule has 0 aromatic heterocycles. The summed E-state index contributed by atoms with van der Waals surface area (Å²) < 4.78 is 13.1. The smallest absolute Gasteiger partial charge is 0.107 e. The number of benzene rings is 1. The molecule has 1 rings (SSSR count). The first kappa shape index (κ1) is 10.8. The highest BCUT2D eigenvalue weighted by molar-refractivity contribution is 5.53. The predicted molar refractivity (Wildman–Crippen MR) is 59.1 cm³/mol. The summed E-state index contributed by atoms with van der Waals surface area (Å²) in [5.74, 6) is 0. The van der Waals surface area contributed by atoms with Gasteiger partial charge in [0.25, 0.3) is 0 Å². The molecule has 0 heterocycles. The van der Waals surface area contributed by atoms with Crippen LogP contribution in [-0.4, -0.2) is 12.2 Å². The Morgan fingerprint density at radius 1 is 1.43 bits per heavy atom. The lowest BCUT2D eigenvalue weighted by molar-refractivity contribution is 0.207. The van der Waals surface area contributed by atoms with Crippen molar-refractivity contribution in [3.05, 3.63) is 24.3 Å². The molecular weight excluding hydrogens is 179 g/mol. The van der Waals surface area contributed by atoms with Crippen LogP contribution >= 0.6 is 0 Å². The molecule has 2 nitrogen and oxygen atoms in total. The Kier molecular flexibility index (Phi) is 3.33. The number of nitrogens with two attached hydrogens (primary N) is 1. The molecule has 1 aromatic rings. The molecule has 0 unspecified atom stereocenters. The largest absolute Gasteiger partial charge is 0.399 e. The summed E-state index contributed by atoms with van der Waals surface area (Å²) in [4.78, 5) is 0. The Balaban J connectivity index is 2.39. The van der Waals surface area contributed by atoms with Crippen molar-refractivity contribution in [2.45, 2.75) is 25.9 Å². The van der Waals surface area contributed by atoms with E-state index in [1.165, 1.54) is 0 Å². The highest BCUT2D eigenvalue weighted by Gasteiger charge is 2.13. The van der Waals surface area contributed by atoms with E-state index in [9.17, 15) is 4.39 Å². The lowest BCUT2D eigenvalue weighted by atomic mass is 10.1. The number of halogens is 1. The Morgan fingerprint density at radius 2 is 2.14 bits per heavy atom. The van der Waals surface area contributed by atoms with Gasteiger partial charge in [0.05, 0.1) is 0 Å². The van der Waals surface area contributed by atoms with Crippen LogP contribution in [0.4, 0.5) is 15.8 Å². The van der Waals surface area contributed by atoms with Crippen LogP contribution in [0.25, 0.3) is 0 Å². The molecule has 1 aromatic carbocycles. The Labute approximate surface area is 84.3 Å². The van der Waals surface area contributed by atoms with Crippen molar-refractivity contribution in [1.82, 2.24) is 0 Å². The number of alkyl halides is 1. The maximum absolute atomic E-state index is 13.1. The first-order chi connectivity index (χ1) is 6.47. The molecule has 0 atom stereocenters. The summed E-state index contributed by atoms with van der Waals surface area (Å²) in [6, 6.07) is 7.45. The van der Waals surface area contributed by atoms with E-state index in [0.717, 1.165) is 11.4 Å². The lowest BCUT2D eigenvalue weighted by Gasteiger charge is -2.14. The van der Waals surface area contributed by atoms with Gasteiger partial charge in [-0.25, -0.2) is 4.39 Å². The van der Waals surface area contributed by atoms with E-state index in [4.69, 9.17) is 5.73 Å². The third kappa shape index (κ3) is 4.12. The first-order valence-electron chi connectivity index (χ1n) is 4.76. The van der Waals surface area contributed by atoms with E-state index < -0.39 is 5.67 Å². The maximum atomic E-state index is 13.1. The molecule has 0 spiro atoms. The standard InChI is InChI=1S/C11H17FN2/c1-11(2,12)6-7-14-10-5-3-4-9(13)8-10/h3-5,8,14H,6-7,13H2,1-2H3. The van der Waals surface area contributed by atoms with Gasteiger partial charge in [-0.1, -0.05) is 6.07 Å². The number of hydrogen-bond acceptors (Lipinski definition) is 2. The van der Waals surface area contributed by atoms with E-state index >= 15 is 0 Å². The molecule has 0 bridgehead atoms. The minimum atomic E-state index is -1.12. The zero-order chi connectivity index (χ0) is 10.6. The molecule has 0 aliphatic rings. The van der Waals surface area contributed by atoms with E-state index in [2.05, 4.69) is 5.32 Å². The highest BCUT2D eigenvalue weighted by atomic mass is 19.1. The average Bonchev–Trinajstić information content (AvgIpc) is 2.01. The quantitative estimate of drug-likeness (QED) is 0.727. The second-order valence-corrected chi connectivity index (χ2v) is 4.02. The van der Waals surface area contributed by atoms with Crippen molar-refractivity contribution < 1.29 is 4.39 Å². The molecule has 14 heavy (non-hydrogen) atoms. The summed E-state index contributed by atoms with van der Waals surface area (Å²) in [5.41, 5.74) is 6.14. The third-order valence-corrected chi connectivity index (χ3v) is 1.94. The molecule has 0 saturated heterocycles. The predicted octanol–water partition coefficient (Wildman–Crippen LogP) is 2.82. The molecule has 0 radical (unpaired) electrons. The molecule has 3 heteroatoms. The van der Waals surface area contributed by atoms with Crippen LogP contribution in [0.2, 0.25) is 0 Å². The Hall–Kier alpha value is -1.25. The van der Waals surface area contributed by atoms with Crippen molar-refractivity contribution in [1.29, 1.82) is 0 Å². The van der Waals surface area contributed by atoms with Crippen molar-refractivity contribution >= 4 is 11.4 Å². The molecular formula is C11H17FN2. The third-order valence-electron chi connectivity index (χ3n) is 1.94. The van der Waals surface area contributed by atoms with Crippen LogP contribution in [0, 0.1) is 0 Å². The fourth-order valence-corrected chi connectivity index (χ4v) is 1.15. The minimum Gasteiger partial charge on any atom is -0.399 e. The molecule has 0 amide bonds. The molecule has 0 fully saturated rings. The van der Waals surface area contributed by atoms with Crippen LogP contribution in [0.1, 0.15) is 20.3 Å². The lowest BCUT2D eigenvalue weighted by Crippen LogP contribution is -2.17. The molecule has 0 aliphatic heterocycles. The molecule has 0 aliphatic carbocycles. The summed E-state index contributed by atoms with van der Waals surface area (Å²) in [6.45, 7) is 3.77. The van der Waals surface area contributed by atoms with Crippen molar-refractivity contribution in [2.75, 3.05) is 17.6 Å². The molecule has 0 saturated carbocycles. The fraction of sp³-hybridized carbons (Fsp3) is 0.455. The van der Waals surface area contributed by atoms with Crippen LogP contribution in [-0.2, 0) is 0 Å². The van der Waals surface area contributed by atoms with Crippen molar-refractivity contribution in [2.24, 2.45) is 0 Å². The van der Waals surface area contributed by atoms with Gasteiger partial charge in [-0.15, -0.1) is 0 Å². The van der Waals surface area contributed by atoms with Gasteiger partial charge in [0.1, 0.15) is 5.67 Å². The van der Waals surface area contributed by atoms with Crippen LogP contribution in [0.3, 0.4) is 0 Å². The van der Waals surface area contributed by atoms with Crippen LogP contribution in [0.5, 0.6) is 0 Å². The summed E-state index contributed by atoms with van der Waals surface area (Å²) in [7, 11) is 0. The monoisotopic (exact) mass is 196 g/mol. The van der Waals surface area contributed by atoms with Crippen LogP contribution in [0.15, 0.2) is 24.3 Å². The number of nitrogens with one attached hydrogen (secondary N) is 1. The average molecular weight is 196 g/mol. The minimum absolute atomic E-state index is 0.488. The second kappa shape index (κ2) is 4.31. The van der Waals surface area contributed by atoms with Gasteiger partial charge in [-0.2, -0.15) is 0 Å². The van der Waals surface area contributed by atoms with E-state index in [-0.39, 0.29) is 0 Å². The Bertz CT molecular complexity index is 292. The zero-order valence-corrected chi connectivity index (χ0v) is 8.68. The van der Waals surface area contributed by atoms with Gasteiger partial charge in [-0.3, -0.25) is 0 Å². The van der Waals surface area contributed by atoms with E-state index in [0.29, 0.717) is 13.0 Å². The molecule has 3 N–H and O–H groups in total. The summed E-state index contributed by atoms with van der Waals surface area (Å²) >= 11 is 0. The topological polar surface area (TPSA) is 38.0 Å². The van der Waals surface area contributed by atoms with E-state index in [1.807, 2.05) is 24.3 Å². The van der Waals surface area contributed by atoms with Crippen molar-refractivity contribution in [3.8, 4) is 0 Å². The summed E-state index contributed by atoms with van der Waals surface area (Å²) in [5, 5.41) is 3.12. The second-order valence-electron chi connectivity index (χ2n) is 4.02. The van der Waals surface area contributed by atoms with Gasteiger partial charge >= 0.3 is 0 Å². The van der Waals surface area contributed by atoms with Gasteiger partial charge in [-0.05, 0) is 38.5 Å². The first-order valence-corrected chi connectivity index (χ1v) is 4.76.